The summed E-state index contributed by atoms with van der Waals surface area (Å²) in [6.07, 6.45) is -5.10. The second-order valence-electron chi connectivity index (χ2n) is 12.7. The zero-order chi connectivity index (χ0) is 42.1. The molecule has 12 nitrogen and oxygen atoms in total. The number of hydrogen-bond acceptors (Lipinski definition) is 12. The largest absolute Gasteiger partial charge is 0.458 e. The van der Waals surface area contributed by atoms with Crippen LogP contribution in [-0.4, -0.2) is 60.7 Å². The fourth-order valence-electron chi connectivity index (χ4n) is 5.58. The van der Waals surface area contributed by atoms with Crippen molar-refractivity contribution >= 4 is 35.8 Å². The second kappa shape index (κ2) is 20.9. The number of esters is 6. The van der Waals surface area contributed by atoms with E-state index in [1.165, 1.54) is 72.8 Å². The Morgan fingerprint density at radius 2 is 0.717 bits per heavy atom. The van der Waals surface area contributed by atoms with Crippen LogP contribution in [0.2, 0.25) is 0 Å². The van der Waals surface area contributed by atoms with E-state index in [0.29, 0.717) is 0 Å². The Morgan fingerprint density at radius 1 is 0.383 bits per heavy atom. The second-order valence-corrected chi connectivity index (χ2v) is 12.7. The van der Waals surface area contributed by atoms with E-state index in [0.717, 1.165) is 6.26 Å². The monoisotopic (exact) mass is 804 g/mol. The molecule has 0 amide bonds. The van der Waals surface area contributed by atoms with E-state index < -0.39 is 66.5 Å². The van der Waals surface area contributed by atoms with Gasteiger partial charge in [0.05, 0.1) is 33.4 Å². The van der Waals surface area contributed by atoms with Crippen molar-refractivity contribution in [2.75, 3.05) is 6.61 Å². The first-order valence-electron chi connectivity index (χ1n) is 18.5. The molecule has 0 unspecified atom stereocenters. The highest BCUT2D eigenvalue weighted by atomic mass is 16.6. The van der Waals surface area contributed by atoms with Crippen molar-refractivity contribution in [2.45, 2.75) is 18.3 Å². The molecule has 60 heavy (non-hydrogen) atoms. The van der Waals surface area contributed by atoms with Gasteiger partial charge in [0.1, 0.15) is 12.9 Å². The van der Waals surface area contributed by atoms with Crippen LogP contribution in [0.4, 0.5) is 0 Å². The van der Waals surface area contributed by atoms with Crippen LogP contribution in [0.5, 0.6) is 0 Å². The van der Waals surface area contributed by atoms with Gasteiger partial charge in [0.25, 0.3) is 0 Å². The van der Waals surface area contributed by atoms with E-state index >= 15 is 0 Å². The van der Waals surface area contributed by atoms with Gasteiger partial charge in [-0.25, -0.2) is 28.8 Å². The fraction of sp³-hybridized carbons (Fsp3) is 0.0833. The average molecular weight is 805 g/mol. The van der Waals surface area contributed by atoms with Crippen LogP contribution in [0.3, 0.4) is 0 Å². The lowest BCUT2D eigenvalue weighted by atomic mass is 10.0. The molecule has 0 N–H and O–H groups in total. The normalized spacial score (nSPS) is 12.4. The molecule has 6 rings (SSSR count). The number of carbonyl (C=O) groups excluding carboxylic acids is 6. The van der Waals surface area contributed by atoms with Gasteiger partial charge in [-0.3, -0.25) is 0 Å². The van der Waals surface area contributed by atoms with Gasteiger partial charge >= 0.3 is 35.8 Å². The van der Waals surface area contributed by atoms with Crippen LogP contribution in [0.25, 0.3) is 0 Å². The van der Waals surface area contributed by atoms with Gasteiger partial charge in [0.15, 0.2) is 18.0 Å². The summed E-state index contributed by atoms with van der Waals surface area (Å²) in [4.78, 5) is 82.3. The summed E-state index contributed by atoms with van der Waals surface area (Å²) in [5.74, 6) is -6.40. The molecule has 300 valence electrons. The number of hydrogen-bond donors (Lipinski definition) is 0. The fourth-order valence-corrected chi connectivity index (χ4v) is 5.58. The van der Waals surface area contributed by atoms with E-state index in [4.69, 9.17) is 28.4 Å². The Bertz CT molecular complexity index is 2410. The lowest BCUT2D eigenvalue weighted by Gasteiger charge is -2.33. The smallest absolute Gasteiger partial charge is 0.343 e. The molecule has 0 heterocycles. The molecule has 0 saturated heterocycles. The zero-order valence-corrected chi connectivity index (χ0v) is 31.7. The molecule has 0 aliphatic carbocycles. The molecule has 0 spiro atoms. The first kappa shape index (κ1) is 41.5. The van der Waals surface area contributed by atoms with Gasteiger partial charge in [0, 0.05) is 0 Å². The van der Waals surface area contributed by atoms with Gasteiger partial charge in [-0.2, -0.15) is 0 Å². The van der Waals surface area contributed by atoms with E-state index in [2.05, 4.69) is 0 Å². The van der Waals surface area contributed by atoms with E-state index in [1.807, 2.05) is 0 Å². The molecule has 0 aliphatic rings. The van der Waals surface area contributed by atoms with Gasteiger partial charge in [-0.05, 0) is 72.8 Å². The van der Waals surface area contributed by atoms with E-state index in [1.54, 1.807) is 109 Å². The number of carbonyl (C=O) groups is 6. The summed E-state index contributed by atoms with van der Waals surface area (Å²) in [5.41, 5.74) is 0.375. The lowest BCUT2D eigenvalue weighted by molar-refractivity contribution is -0.101. The SMILES string of the molecule is O=C(O/C=C(\OC(=O)c1ccccc1)[C@@H](OC(=O)c1ccccc1)[C@H](OC(=O)c1ccccc1)[C@H](COC(=O)c1ccccc1)OC(=O)c1ccccc1)c1ccccc1. The third-order valence-electron chi connectivity index (χ3n) is 8.61. The van der Waals surface area contributed by atoms with Crippen molar-refractivity contribution < 1.29 is 57.2 Å². The van der Waals surface area contributed by atoms with E-state index in [9.17, 15) is 28.8 Å². The van der Waals surface area contributed by atoms with Gasteiger partial charge in [0.2, 0.25) is 6.10 Å². The molecule has 0 saturated carbocycles. The molecule has 0 aromatic heterocycles. The Labute approximate surface area is 344 Å². The minimum Gasteiger partial charge on any atom is -0.458 e. The predicted octanol–water partition coefficient (Wildman–Crippen LogP) is 8.08. The summed E-state index contributed by atoms with van der Waals surface area (Å²) in [6.45, 7) is -0.790. The van der Waals surface area contributed by atoms with Crippen molar-refractivity contribution in [3.8, 4) is 0 Å². The number of rotatable bonds is 16. The van der Waals surface area contributed by atoms with Crippen molar-refractivity contribution in [3.05, 3.63) is 227 Å². The van der Waals surface area contributed by atoms with Crippen LogP contribution < -0.4 is 0 Å². The zero-order valence-electron chi connectivity index (χ0n) is 31.7. The first-order chi connectivity index (χ1) is 29.3. The summed E-state index contributed by atoms with van der Waals surface area (Å²) < 4.78 is 35.1. The van der Waals surface area contributed by atoms with Gasteiger partial charge in [-0.1, -0.05) is 109 Å². The summed E-state index contributed by atoms with van der Waals surface area (Å²) in [5, 5.41) is 0. The minimum absolute atomic E-state index is 0.0130. The molecule has 6 aromatic carbocycles. The highest BCUT2D eigenvalue weighted by Crippen LogP contribution is 2.27. The first-order valence-corrected chi connectivity index (χ1v) is 18.5. The van der Waals surface area contributed by atoms with Crippen molar-refractivity contribution in [1.29, 1.82) is 0 Å². The van der Waals surface area contributed by atoms with Crippen LogP contribution in [0.1, 0.15) is 62.1 Å². The quantitative estimate of drug-likeness (QED) is 0.0527. The summed E-state index contributed by atoms with van der Waals surface area (Å²) >= 11 is 0. The van der Waals surface area contributed by atoms with Crippen molar-refractivity contribution in [3.63, 3.8) is 0 Å². The number of benzene rings is 6. The van der Waals surface area contributed by atoms with Gasteiger partial charge in [-0.15, -0.1) is 0 Å². The molecule has 0 radical (unpaired) electrons. The number of ether oxygens (including phenoxy) is 6. The van der Waals surface area contributed by atoms with Crippen LogP contribution in [0.15, 0.2) is 194 Å². The third-order valence-corrected chi connectivity index (χ3v) is 8.61. The Hall–Kier alpha value is -8.12. The molecule has 3 atom stereocenters. The Morgan fingerprint density at radius 3 is 1.13 bits per heavy atom. The molecule has 12 heteroatoms. The van der Waals surface area contributed by atoms with Crippen molar-refractivity contribution in [1.82, 2.24) is 0 Å². The standard InChI is InChI=1S/C48H36O12/c49-43(33-19-7-1-8-20-33)55-31-39(57-45(51)35-23-11-3-12-24-35)41(59-47(53)37-27-15-5-16-28-37)42(60-48(54)38-29-17-6-18-30-38)40(58-46(52)36-25-13-4-14-26-36)32-56-44(50)34-21-9-2-10-22-34/h1-31,40-42H,32H2/b39-31-/t40-,41+,42+/m0/s1. The maximum Gasteiger partial charge on any atom is 0.343 e. The van der Waals surface area contributed by atoms with E-state index in [-0.39, 0.29) is 33.4 Å². The molecule has 0 fully saturated rings. The van der Waals surface area contributed by atoms with Crippen LogP contribution in [0, 0.1) is 0 Å². The predicted molar refractivity (Wildman–Crippen MR) is 215 cm³/mol. The minimum atomic E-state index is -2.05. The molecule has 6 aromatic rings. The maximum atomic E-state index is 14.0. The topological polar surface area (TPSA) is 158 Å². The van der Waals surface area contributed by atoms with Crippen LogP contribution >= 0.6 is 0 Å². The average Bonchev–Trinajstić information content (AvgIpc) is 3.31. The lowest BCUT2D eigenvalue weighted by Crippen LogP contribution is -2.49. The third kappa shape index (κ3) is 11.5. The summed E-state index contributed by atoms with van der Waals surface area (Å²) in [7, 11) is 0. The molecular formula is C48H36O12. The summed E-state index contributed by atoms with van der Waals surface area (Å²) in [6, 6.07) is 46.6. The molecule has 0 aliphatic heterocycles. The Kier molecular flexibility index (Phi) is 14.4. The maximum absolute atomic E-state index is 14.0. The molecule has 0 bridgehead atoms. The highest BCUT2D eigenvalue weighted by Gasteiger charge is 2.44. The highest BCUT2D eigenvalue weighted by molar-refractivity contribution is 5.93. The van der Waals surface area contributed by atoms with Crippen LogP contribution in [-0.2, 0) is 28.4 Å². The molecular weight excluding hydrogens is 769 g/mol. The van der Waals surface area contributed by atoms with Crippen molar-refractivity contribution in [2.24, 2.45) is 0 Å². The van der Waals surface area contributed by atoms with Gasteiger partial charge < -0.3 is 28.4 Å². The Balaban J connectivity index is 1.51.